The van der Waals surface area contributed by atoms with Crippen LogP contribution in [0.3, 0.4) is 0 Å². The molecule has 0 saturated carbocycles. The van der Waals surface area contributed by atoms with Gasteiger partial charge in [-0.15, -0.1) is 0 Å². The van der Waals surface area contributed by atoms with Gasteiger partial charge in [0.1, 0.15) is 11.3 Å². The van der Waals surface area contributed by atoms with Gasteiger partial charge in [-0.1, -0.05) is 23.7 Å². The van der Waals surface area contributed by atoms with E-state index in [2.05, 4.69) is 20.2 Å². The van der Waals surface area contributed by atoms with Gasteiger partial charge in [0, 0.05) is 28.7 Å². The molecule has 4 aromatic rings. The fourth-order valence-electron chi connectivity index (χ4n) is 3.66. The molecule has 4 heterocycles. The van der Waals surface area contributed by atoms with E-state index in [9.17, 15) is 4.79 Å². The number of ether oxygens (including phenoxy) is 1. The van der Waals surface area contributed by atoms with Crippen molar-refractivity contribution in [3.63, 3.8) is 0 Å². The van der Waals surface area contributed by atoms with Crippen LogP contribution in [0.2, 0.25) is 5.02 Å². The second-order valence-electron chi connectivity index (χ2n) is 6.95. The first-order valence-electron chi connectivity index (χ1n) is 9.32. The van der Waals surface area contributed by atoms with E-state index in [1.807, 2.05) is 47.4 Å². The third-order valence-corrected chi connectivity index (χ3v) is 5.36. The smallest absolute Gasteiger partial charge is 0.271 e. The van der Waals surface area contributed by atoms with Crippen molar-refractivity contribution >= 4 is 28.5 Å². The van der Waals surface area contributed by atoms with E-state index >= 15 is 0 Å². The van der Waals surface area contributed by atoms with Crippen molar-refractivity contribution in [1.82, 2.24) is 25.1 Å². The van der Waals surface area contributed by atoms with Crippen LogP contribution in [0, 0.1) is 0 Å². The lowest BCUT2D eigenvalue weighted by atomic mass is 10.0. The number of hydrogen-bond acceptors (Lipinski definition) is 4. The highest BCUT2D eigenvalue weighted by molar-refractivity contribution is 6.30. The number of halogens is 1. The fourth-order valence-corrected chi connectivity index (χ4v) is 3.86. The average molecular weight is 408 g/mol. The first-order valence-corrected chi connectivity index (χ1v) is 9.70. The molecule has 3 aromatic heterocycles. The number of carbonyl (C=O) groups is 1. The second-order valence-corrected chi connectivity index (χ2v) is 7.39. The Hall–Kier alpha value is -3.16. The minimum Gasteiger partial charge on any atom is -0.377 e. The van der Waals surface area contributed by atoms with Crippen LogP contribution in [-0.4, -0.2) is 50.7 Å². The van der Waals surface area contributed by atoms with Gasteiger partial charge in [0.25, 0.3) is 5.91 Å². The maximum atomic E-state index is 13.3. The molecule has 5 rings (SSSR count). The van der Waals surface area contributed by atoms with Gasteiger partial charge < -0.3 is 14.6 Å². The van der Waals surface area contributed by atoms with Gasteiger partial charge in [-0.2, -0.15) is 5.10 Å². The maximum Gasteiger partial charge on any atom is 0.271 e. The van der Waals surface area contributed by atoms with Gasteiger partial charge in [0.15, 0.2) is 0 Å². The first-order chi connectivity index (χ1) is 14.2. The zero-order valence-corrected chi connectivity index (χ0v) is 16.2. The Kier molecular flexibility index (Phi) is 4.54. The molecule has 1 amide bonds. The summed E-state index contributed by atoms with van der Waals surface area (Å²) in [6.07, 6.45) is 3.50. The molecule has 1 fully saturated rings. The van der Waals surface area contributed by atoms with E-state index in [-0.39, 0.29) is 11.9 Å². The Morgan fingerprint density at radius 2 is 2.17 bits per heavy atom. The number of fused-ring (bicyclic) bond motifs is 1. The molecule has 0 radical (unpaired) electrons. The van der Waals surface area contributed by atoms with Crippen LogP contribution in [0.25, 0.3) is 22.3 Å². The van der Waals surface area contributed by atoms with E-state index in [1.54, 1.807) is 12.4 Å². The third-order valence-electron chi connectivity index (χ3n) is 5.13. The second kappa shape index (κ2) is 7.35. The Labute approximate surface area is 171 Å². The normalized spacial score (nSPS) is 17.0. The van der Waals surface area contributed by atoms with Crippen LogP contribution in [-0.2, 0) is 4.74 Å². The van der Waals surface area contributed by atoms with Gasteiger partial charge in [-0.05, 0) is 35.9 Å². The van der Waals surface area contributed by atoms with Crippen molar-refractivity contribution in [2.45, 2.75) is 6.04 Å². The lowest BCUT2D eigenvalue weighted by Crippen LogP contribution is -2.43. The molecule has 7 nitrogen and oxygen atoms in total. The lowest BCUT2D eigenvalue weighted by Gasteiger charge is -2.35. The molecule has 1 aromatic carbocycles. The molecule has 29 heavy (non-hydrogen) atoms. The highest BCUT2D eigenvalue weighted by Gasteiger charge is 2.30. The number of carbonyl (C=O) groups excluding carboxylic acids is 1. The van der Waals surface area contributed by atoms with Crippen molar-refractivity contribution in [3.8, 4) is 11.3 Å². The van der Waals surface area contributed by atoms with E-state index in [4.69, 9.17) is 16.3 Å². The maximum absolute atomic E-state index is 13.3. The standard InChI is InChI=1S/C21H18ClN5O2/c22-16-3-1-2-13(8-16)19-12-29-7-6-27(19)21(28)18-9-14-4-5-17(25-20(14)26-18)15-10-23-24-11-15/h1-5,8-11,19H,6-7,12H2,(H,23,24)(H,25,26)/t19-/m1/s1. The predicted molar refractivity (Wildman–Crippen MR) is 110 cm³/mol. The van der Waals surface area contributed by atoms with Crippen molar-refractivity contribution in [3.05, 3.63) is 71.1 Å². The molecule has 0 aliphatic carbocycles. The van der Waals surface area contributed by atoms with Crippen LogP contribution in [0.4, 0.5) is 0 Å². The van der Waals surface area contributed by atoms with Crippen LogP contribution >= 0.6 is 11.6 Å². The highest BCUT2D eigenvalue weighted by atomic mass is 35.5. The van der Waals surface area contributed by atoms with E-state index in [0.29, 0.717) is 36.1 Å². The molecular weight excluding hydrogens is 390 g/mol. The van der Waals surface area contributed by atoms with E-state index in [0.717, 1.165) is 22.2 Å². The van der Waals surface area contributed by atoms with Gasteiger partial charge in [-0.25, -0.2) is 4.98 Å². The number of morpholine rings is 1. The minimum absolute atomic E-state index is 0.0823. The van der Waals surface area contributed by atoms with Crippen LogP contribution in [0.5, 0.6) is 0 Å². The summed E-state index contributed by atoms with van der Waals surface area (Å²) < 4.78 is 5.64. The summed E-state index contributed by atoms with van der Waals surface area (Å²) >= 11 is 6.15. The highest BCUT2D eigenvalue weighted by Crippen LogP contribution is 2.28. The number of nitrogens with zero attached hydrogens (tertiary/aromatic N) is 3. The van der Waals surface area contributed by atoms with Crippen molar-refractivity contribution in [2.75, 3.05) is 19.8 Å². The topological polar surface area (TPSA) is 86.9 Å². The van der Waals surface area contributed by atoms with Crippen LogP contribution in [0.15, 0.2) is 54.9 Å². The Morgan fingerprint density at radius 3 is 3.00 bits per heavy atom. The summed E-state index contributed by atoms with van der Waals surface area (Å²) in [6.45, 7) is 1.46. The molecule has 1 saturated heterocycles. The van der Waals surface area contributed by atoms with E-state index in [1.165, 1.54) is 0 Å². The number of H-pyrrole nitrogens is 2. The molecule has 146 valence electrons. The predicted octanol–water partition coefficient (Wildman–Crippen LogP) is 3.82. The Balaban J connectivity index is 1.47. The SMILES string of the molecule is O=C(c1cc2ccc(-c3cn[nH]c3)nc2[nH]1)N1CCOC[C@@H]1c1cccc(Cl)c1. The molecule has 1 aliphatic rings. The average Bonchev–Trinajstić information content (AvgIpc) is 3.42. The Bertz CT molecular complexity index is 1170. The van der Waals surface area contributed by atoms with Gasteiger partial charge >= 0.3 is 0 Å². The molecule has 1 aliphatic heterocycles. The zero-order valence-electron chi connectivity index (χ0n) is 15.4. The first kappa shape index (κ1) is 17.9. The number of pyridine rings is 1. The van der Waals surface area contributed by atoms with Gasteiger partial charge in [0.05, 0.1) is 31.1 Å². The number of aromatic amines is 2. The molecule has 1 atom stereocenters. The molecule has 2 N–H and O–H groups in total. The zero-order chi connectivity index (χ0) is 19.8. The summed E-state index contributed by atoms with van der Waals surface area (Å²) in [5, 5.41) is 8.27. The number of hydrogen-bond donors (Lipinski definition) is 2. The monoisotopic (exact) mass is 407 g/mol. The molecule has 8 heteroatoms. The summed E-state index contributed by atoms with van der Waals surface area (Å²) in [7, 11) is 0. The Morgan fingerprint density at radius 1 is 1.24 bits per heavy atom. The molecule has 0 unspecified atom stereocenters. The van der Waals surface area contributed by atoms with Crippen molar-refractivity contribution in [1.29, 1.82) is 0 Å². The molecule has 0 spiro atoms. The van der Waals surface area contributed by atoms with Gasteiger partial charge in [0.2, 0.25) is 0 Å². The molecular formula is C21H18ClN5O2. The van der Waals surface area contributed by atoms with E-state index < -0.39 is 0 Å². The number of nitrogens with one attached hydrogen (secondary N) is 2. The fraction of sp³-hybridized carbons (Fsp3) is 0.190. The minimum atomic E-state index is -0.184. The number of amides is 1. The summed E-state index contributed by atoms with van der Waals surface area (Å²) in [4.78, 5) is 23.0. The number of benzene rings is 1. The van der Waals surface area contributed by atoms with Crippen molar-refractivity contribution in [2.24, 2.45) is 0 Å². The van der Waals surface area contributed by atoms with Crippen molar-refractivity contribution < 1.29 is 9.53 Å². The lowest BCUT2D eigenvalue weighted by molar-refractivity contribution is -0.00295. The molecule has 0 bridgehead atoms. The quantitative estimate of drug-likeness (QED) is 0.540. The number of rotatable bonds is 3. The van der Waals surface area contributed by atoms with Crippen LogP contribution in [0.1, 0.15) is 22.1 Å². The van der Waals surface area contributed by atoms with Crippen LogP contribution < -0.4 is 0 Å². The summed E-state index contributed by atoms with van der Waals surface area (Å²) in [6, 6.07) is 13.1. The van der Waals surface area contributed by atoms with Gasteiger partial charge in [-0.3, -0.25) is 9.89 Å². The summed E-state index contributed by atoms with van der Waals surface area (Å²) in [5.74, 6) is -0.0823. The third kappa shape index (κ3) is 3.39. The number of aromatic nitrogens is 4. The summed E-state index contributed by atoms with van der Waals surface area (Å²) in [5.41, 5.74) is 3.81. The largest absolute Gasteiger partial charge is 0.377 e.